The number of hydrogen-bond acceptors (Lipinski definition) is 3. The van der Waals surface area contributed by atoms with Crippen LogP contribution >= 0.6 is 24.8 Å². The predicted octanol–water partition coefficient (Wildman–Crippen LogP) is 3.58. The van der Waals surface area contributed by atoms with Crippen LogP contribution in [0.25, 0.3) is 0 Å². The highest BCUT2D eigenvalue weighted by atomic mass is 35.5. The lowest BCUT2D eigenvalue weighted by atomic mass is 10.1. The van der Waals surface area contributed by atoms with Gasteiger partial charge in [-0.1, -0.05) is 6.92 Å². The molecule has 0 aliphatic carbocycles. The SMILES string of the molecule is CCc1ccc([C@H](CC(F)(F)F)N2CCNCC2)o1.Cl.Cl. The van der Waals surface area contributed by atoms with Crippen LogP contribution in [0, 0.1) is 0 Å². The van der Waals surface area contributed by atoms with Crippen molar-refractivity contribution in [2.75, 3.05) is 26.2 Å². The molecule has 1 atom stereocenters. The molecule has 2 rings (SSSR count). The highest BCUT2D eigenvalue weighted by Gasteiger charge is 2.37. The van der Waals surface area contributed by atoms with Crippen LogP contribution in [0.3, 0.4) is 0 Å². The van der Waals surface area contributed by atoms with Gasteiger partial charge in [0.05, 0.1) is 12.5 Å². The van der Waals surface area contributed by atoms with E-state index in [0.29, 0.717) is 25.3 Å². The van der Waals surface area contributed by atoms with E-state index in [1.165, 1.54) is 0 Å². The van der Waals surface area contributed by atoms with Crippen LogP contribution in [0.4, 0.5) is 13.2 Å². The van der Waals surface area contributed by atoms with Gasteiger partial charge in [0, 0.05) is 32.6 Å². The van der Waals surface area contributed by atoms with Crippen LogP contribution in [0.5, 0.6) is 0 Å². The number of piperazine rings is 1. The summed E-state index contributed by atoms with van der Waals surface area (Å²) in [5.74, 6) is 1.16. The molecule has 8 heteroatoms. The van der Waals surface area contributed by atoms with Gasteiger partial charge in [0.25, 0.3) is 0 Å². The van der Waals surface area contributed by atoms with E-state index in [4.69, 9.17) is 4.42 Å². The van der Waals surface area contributed by atoms with E-state index in [1.54, 1.807) is 12.1 Å². The van der Waals surface area contributed by atoms with E-state index in [0.717, 1.165) is 18.8 Å². The van der Waals surface area contributed by atoms with Crippen LogP contribution in [-0.4, -0.2) is 37.3 Å². The van der Waals surface area contributed by atoms with Gasteiger partial charge in [-0.3, -0.25) is 4.90 Å². The maximum absolute atomic E-state index is 12.8. The fourth-order valence-corrected chi connectivity index (χ4v) is 2.39. The van der Waals surface area contributed by atoms with Crippen molar-refractivity contribution in [1.29, 1.82) is 0 Å². The molecular formula is C13H21Cl2F3N2O. The average molecular weight is 349 g/mol. The van der Waals surface area contributed by atoms with Gasteiger partial charge in [0.2, 0.25) is 0 Å². The molecule has 21 heavy (non-hydrogen) atoms. The lowest BCUT2D eigenvalue weighted by Gasteiger charge is -2.34. The number of halogens is 5. The van der Waals surface area contributed by atoms with E-state index in [-0.39, 0.29) is 24.8 Å². The van der Waals surface area contributed by atoms with Gasteiger partial charge in [0.1, 0.15) is 11.5 Å². The van der Waals surface area contributed by atoms with Crippen molar-refractivity contribution in [2.45, 2.75) is 32.0 Å². The third-order valence-corrected chi connectivity index (χ3v) is 3.38. The Bertz CT molecular complexity index is 406. The first kappa shape index (κ1) is 20.6. The van der Waals surface area contributed by atoms with Gasteiger partial charge >= 0.3 is 6.18 Å². The minimum atomic E-state index is -4.19. The van der Waals surface area contributed by atoms with Crippen molar-refractivity contribution in [3.05, 3.63) is 23.7 Å². The Morgan fingerprint density at radius 2 is 1.86 bits per heavy atom. The van der Waals surface area contributed by atoms with Gasteiger partial charge in [-0.2, -0.15) is 13.2 Å². The molecule has 1 saturated heterocycles. The molecule has 0 amide bonds. The number of furan rings is 1. The monoisotopic (exact) mass is 348 g/mol. The number of nitrogens with one attached hydrogen (secondary N) is 1. The fraction of sp³-hybridized carbons (Fsp3) is 0.692. The Morgan fingerprint density at radius 1 is 1.24 bits per heavy atom. The molecule has 0 saturated carbocycles. The third kappa shape index (κ3) is 6.06. The van der Waals surface area contributed by atoms with Gasteiger partial charge < -0.3 is 9.73 Å². The lowest BCUT2D eigenvalue weighted by Crippen LogP contribution is -2.46. The molecule has 0 spiro atoms. The summed E-state index contributed by atoms with van der Waals surface area (Å²) < 4.78 is 43.8. The van der Waals surface area contributed by atoms with Crippen molar-refractivity contribution in [3.63, 3.8) is 0 Å². The summed E-state index contributed by atoms with van der Waals surface area (Å²) in [6, 6.07) is 2.74. The van der Waals surface area contributed by atoms with E-state index in [2.05, 4.69) is 5.32 Å². The Labute approximate surface area is 135 Å². The Morgan fingerprint density at radius 3 is 2.33 bits per heavy atom. The van der Waals surface area contributed by atoms with Crippen LogP contribution in [-0.2, 0) is 6.42 Å². The molecule has 1 aromatic heterocycles. The number of rotatable bonds is 4. The third-order valence-electron chi connectivity index (χ3n) is 3.38. The summed E-state index contributed by atoms with van der Waals surface area (Å²) in [5.41, 5.74) is 0. The minimum absolute atomic E-state index is 0. The summed E-state index contributed by atoms with van der Waals surface area (Å²) in [4.78, 5) is 1.85. The topological polar surface area (TPSA) is 28.4 Å². The molecule has 1 aromatic rings. The zero-order valence-electron chi connectivity index (χ0n) is 11.8. The predicted molar refractivity (Wildman–Crippen MR) is 80.4 cm³/mol. The molecule has 1 aliphatic heterocycles. The van der Waals surface area contributed by atoms with Crippen molar-refractivity contribution in [3.8, 4) is 0 Å². The van der Waals surface area contributed by atoms with Gasteiger partial charge in [0.15, 0.2) is 0 Å². The first-order chi connectivity index (χ1) is 8.99. The van der Waals surface area contributed by atoms with Crippen LogP contribution in [0.15, 0.2) is 16.5 Å². The van der Waals surface area contributed by atoms with Crippen LogP contribution in [0.2, 0.25) is 0 Å². The number of hydrogen-bond donors (Lipinski definition) is 1. The highest BCUT2D eigenvalue weighted by Crippen LogP contribution is 2.34. The molecule has 124 valence electrons. The summed E-state index contributed by atoms with van der Waals surface area (Å²) in [5, 5.41) is 3.15. The van der Waals surface area contributed by atoms with Crippen molar-refractivity contribution < 1.29 is 17.6 Å². The van der Waals surface area contributed by atoms with Gasteiger partial charge in [-0.25, -0.2) is 0 Å². The molecule has 1 N–H and O–H groups in total. The summed E-state index contributed by atoms with van der Waals surface area (Å²) in [6.07, 6.45) is -4.35. The van der Waals surface area contributed by atoms with E-state index >= 15 is 0 Å². The van der Waals surface area contributed by atoms with Crippen LogP contribution in [0.1, 0.15) is 30.9 Å². The van der Waals surface area contributed by atoms with Crippen LogP contribution < -0.4 is 5.32 Å². The Kier molecular flexibility index (Phi) is 8.70. The van der Waals surface area contributed by atoms with Crippen molar-refractivity contribution in [2.24, 2.45) is 0 Å². The average Bonchev–Trinajstić information content (AvgIpc) is 2.84. The molecular weight excluding hydrogens is 328 g/mol. The summed E-state index contributed by atoms with van der Waals surface area (Å²) >= 11 is 0. The number of alkyl halides is 3. The molecule has 1 fully saturated rings. The zero-order valence-corrected chi connectivity index (χ0v) is 13.4. The largest absolute Gasteiger partial charge is 0.464 e. The zero-order chi connectivity index (χ0) is 13.9. The highest BCUT2D eigenvalue weighted by molar-refractivity contribution is 5.85. The minimum Gasteiger partial charge on any atom is -0.464 e. The second kappa shape index (κ2) is 8.88. The Hall–Kier alpha value is -0.430. The van der Waals surface area contributed by atoms with Gasteiger partial charge in [-0.05, 0) is 12.1 Å². The Balaban J connectivity index is 0.00000200. The molecule has 0 aromatic carbocycles. The lowest BCUT2D eigenvalue weighted by molar-refractivity contribution is -0.150. The first-order valence-corrected chi connectivity index (χ1v) is 6.59. The molecule has 3 nitrogen and oxygen atoms in total. The van der Waals surface area contributed by atoms with Crippen molar-refractivity contribution >= 4 is 24.8 Å². The second-order valence-electron chi connectivity index (χ2n) is 4.78. The standard InChI is InChI=1S/C13H19F3N2O.2ClH/c1-2-10-3-4-12(19-10)11(9-13(14,15)16)18-7-5-17-6-8-18;;/h3-4,11,17H,2,5-9H2,1H3;2*1H/t11-;;/m0../s1. The van der Waals surface area contributed by atoms with E-state index in [1.807, 2.05) is 11.8 Å². The number of aryl methyl sites for hydroxylation is 1. The summed E-state index contributed by atoms with van der Waals surface area (Å²) in [6.45, 7) is 4.59. The molecule has 0 radical (unpaired) electrons. The molecule has 0 unspecified atom stereocenters. The van der Waals surface area contributed by atoms with E-state index in [9.17, 15) is 13.2 Å². The molecule has 2 heterocycles. The van der Waals surface area contributed by atoms with E-state index < -0.39 is 18.6 Å². The maximum atomic E-state index is 12.8. The smallest absolute Gasteiger partial charge is 0.391 e. The second-order valence-corrected chi connectivity index (χ2v) is 4.78. The maximum Gasteiger partial charge on any atom is 0.391 e. The number of nitrogens with zero attached hydrogens (tertiary/aromatic N) is 1. The quantitative estimate of drug-likeness (QED) is 0.901. The fourth-order valence-electron chi connectivity index (χ4n) is 2.39. The van der Waals surface area contributed by atoms with Gasteiger partial charge in [-0.15, -0.1) is 24.8 Å². The normalized spacial score (nSPS) is 17.7. The van der Waals surface area contributed by atoms with Crippen molar-refractivity contribution in [1.82, 2.24) is 10.2 Å². The summed E-state index contributed by atoms with van der Waals surface area (Å²) in [7, 11) is 0. The first-order valence-electron chi connectivity index (χ1n) is 6.59. The molecule has 1 aliphatic rings. The molecule has 0 bridgehead atoms.